The summed E-state index contributed by atoms with van der Waals surface area (Å²) in [7, 11) is 0. The highest BCUT2D eigenvalue weighted by Crippen LogP contribution is 2.43. The first-order valence-electron chi connectivity index (χ1n) is 7.00. The van der Waals surface area contributed by atoms with E-state index < -0.39 is 0 Å². The van der Waals surface area contributed by atoms with Gasteiger partial charge in [-0.3, -0.25) is 0 Å². The van der Waals surface area contributed by atoms with Crippen LogP contribution in [0.25, 0.3) is 0 Å². The van der Waals surface area contributed by atoms with Gasteiger partial charge in [-0.05, 0) is 23.8 Å². The molecule has 0 aliphatic carbocycles. The summed E-state index contributed by atoms with van der Waals surface area (Å²) in [5.74, 6) is 2.60. The Labute approximate surface area is 140 Å². The van der Waals surface area contributed by atoms with Crippen LogP contribution in [0.2, 0.25) is 0 Å². The van der Waals surface area contributed by atoms with Crippen LogP contribution >= 0.6 is 31.9 Å². The van der Waals surface area contributed by atoms with Gasteiger partial charge >= 0.3 is 0 Å². The molecule has 1 atom stereocenters. The first-order valence-corrected chi connectivity index (χ1v) is 8.71. The van der Waals surface area contributed by atoms with Gasteiger partial charge in [-0.1, -0.05) is 38.8 Å². The summed E-state index contributed by atoms with van der Waals surface area (Å²) in [5, 5.41) is 0. The molecule has 1 aromatic heterocycles. The van der Waals surface area contributed by atoms with Crippen LogP contribution in [-0.4, -0.2) is 13.2 Å². The Morgan fingerprint density at radius 2 is 1.86 bits per heavy atom. The molecule has 0 amide bonds. The lowest BCUT2D eigenvalue weighted by atomic mass is 10.0. The van der Waals surface area contributed by atoms with Gasteiger partial charge in [-0.2, -0.15) is 0 Å². The molecule has 5 heteroatoms. The van der Waals surface area contributed by atoms with Gasteiger partial charge in [0.15, 0.2) is 11.5 Å². The van der Waals surface area contributed by atoms with E-state index in [2.05, 4.69) is 38.8 Å². The van der Waals surface area contributed by atoms with Crippen LogP contribution in [0.1, 0.15) is 35.1 Å². The molecule has 3 rings (SSSR count). The molecule has 1 unspecified atom stereocenters. The quantitative estimate of drug-likeness (QED) is 0.641. The van der Waals surface area contributed by atoms with E-state index in [1.54, 1.807) is 6.26 Å². The first-order chi connectivity index (χ1) is 10.2. The summed E-state index contributed by atoms with van der Waals surface area (Å²) in [4.78, 5) is 0.0535. The van der Waals surface area contributed by atoms with Gasteiger partial charge in [0.05, 0.1) is 24.3 Å². The van der Waals surface area contributed by atoms with Crippen LogP contribution in [0.3, 0.4) is 0 Å². The fourth-order valence-corrected chi connectivity index (χ4v) is 4.07. The smallest absolute Gasteiger partial charge is 0.162 e. The lowest BCUT2D eigenvalue weighted by Gasteiger charge is -2.16. The first kappa shape index (κ1) is 15.0. The summed E-state index contributed by atoms with van der Waals surface area (Å²) in [6, 6.07) is 6.03. The van der Waals surface area contributed by atoms with Crippen molar-refractivity contribution in [2.75, 3.05) is 13.2 Å². The number of rotatable bonds is 3. The maximum atomic E-state index is 5.78. The molecule has 0 bridgehead atoms. The third kappa shape index (κ3) is 2.99. The van der Waals surface area contributed by atoms with Crippen molar-refractivity contribution in [1.82, 2.24) is 0 Å². The standard InChI is InChI=1S/C16H16Br2O3/c1-2-13-10(4-7-21-13)16(18)11-8-14-15(9-12(11)17)20-6-3-5-19-14/h4,7-9,16H,2-3,5-6H2,1H3. The third-order valence-corrected chi connectivity index (χ3v) is 5.19. The molecule has 0 saturated carbocycles. The SMILES string of the molecule is CCc1occc1C(Br)c1cc2c(cc1Br)OCCCO2. The second-order valence-electron chi connectivity index (χ2n) is 4.89. The monoisotopic (exact) mass is 414 g/mol. The van der Waals surface area contributed by atoms with Crippen LogP contribution in [0, 0.1) is 0 Å². The number of ether oxygens (including phenoxy) is 2. The van der Waals surface area contributed by atoms with Crippen LogP contribution in [0.4, 0.5) is 0 Å². The Kier molecular flexibility index (Phi) is 4.60. The van der Waals surface area contributed by atoms with E-state index >= 15 is 0 Å². The van der Waals surface area contributed by atoms with E-state index in [4.69, 9.17) is 13.9 Å². The molecule has 0 spiro atoms. The van der Waals surface area contributed by atoms with Crippen LogP contribution in [0.5, 0.6) is 11.5 Å². The van der Waals surface area contributed by atoms with Crippen LogP contribution in [0.15, 0.2) is 33.4 Å². The average molecular weight is 416 g/mol. The number of halogens is 2. The number of hydrogen-bond donors (Lipinski definition) is 0. The van der Waals surface area contributed by atoms with Gasteiger partial charge in [0.1, 0.15) is 5.76 Å². The van der Waals surface area contributed by atoms with Crippen molar-refractivity contribution >= 4 is 31.9 Å². The molecule has 3 nitrogen and oxygen atoms in total. The maximum Gasteiger partial charge on any atom is 0.162 e. The molecule has 21 heavy (non-hydrogen) atoms. The van der Waals surface area contributed by atoms with Crippen molar-refractivity contribution in [2.45, 2.75) is 24.6 Å². The molecule has 2 heterocycles. The van der Waals surface area contributed by atoms with E-state index in [-0.39, 0.29) is 4.83 Å². The largest absolute Gasteiger partial charge is 0.490 e. The topological polar surface area (TPSA) is 31.6 Å². The fraction of sp³-hybridized carbons (Fsp3) is 0.375. The van der Waals surface area contributed by atoms with Gasteiger partial charge in [0.25, 0.3) is 0 Å². The number of alkyl halides is 1. The molecule has 0 fully saturated rings. The molecular formula is C16H16Br2O3. The zero-order valence-electron chi connectivity index (χ0n) is 11.7. The van der Waals surface area contributed by atoms with E-state index in [1.807, 2.05) is 18.2 Å². The van der Waals surface area contributed by atoms with Crippen molar-refractivity contribution < 1.29 is 13.9 Å². The lowest BCUT2D eigenvalue weighted by molar-refractivity contribution is 0.297. The summed E-state index contributed by atoms with van der Waals surface area (Å²) in [6.45, 7) is 3.47. The summed E-state index contributed by atoms with van der Waals surface area (Å²) < 4.78 is 18.0. The highest BCUT2D eigenvalue weighted by molar-refractivity contribution is 9.11. The minimum Gasteiger partial charge on any atom is -0.490 e. The van der Waals surface area contributed by atoms with Crippen molar-refractivity contribution in [3.63, 3.8) is 0 Å². The zero-order valence-corrected chi connectivity index (χ0v) is 14.9. The molecule has 0 N–H and O–H groups in total. The number of aryl methyl sites for hydroxylation is 1. The number of hydrogen-bond acceptors (Lipinski definition) is 3. The minimum absolute atomic E-state index is 0.0535. The Balaban J connectivity index is 2.00. The highest BCUT2D eigenvalue weighted by atomic mass is 79.9. The van der Waals surface area contributed by atoms with Gasteiger partial charge < -0.3 is 13.9 Å². The van der Waals surface area contributed by atoms with Crippen LogP contribution < -0.4 is 9.47 Å². The zero-order chi connectivity index (χ0) is 14.8. The summed E-state index contributed by atoms with van der Waals surface area (Å²) >= 11 is 7.41. The maximum absolute atomic E-state index is 5.78. The lowest BCUT2D eigenvalue weighted by Crippen LogP contribution is -1.99. The minimum atomic E-state index is 0.0535. The second kappa shape index (κ2) is 6.44. The Hall–Kier alpha value is -0.940. The van der Waals surface area contributed by atoms with Gasteiger partial charge in [0.2, 0.25) is 0 Å². The number of furan rings is 1. The molecule has 2 aromatic rings. The Morgan fingerprint density at radius 1 is 1.14 bits per heavy atom. The van der Waals surface area contributed by atoms with Gasteiger partial charge in [-0.15, -0.1) is 0 Å². The van der Waals surface area contributed by atoms with E-state index in [0.29, 0.717) is 13.2 Å². The van der Waals surface area contributed by atoms with E-state index in [0.717, 1.165) is 45.7 Å². The predicted molar refractivity (Wildman–Crippen MR) is 88.6 cm³/mol. The predicted octanol–water partition coefficient (Wildman–Crippen LogP) is 5.25. The molecule has 1 aliphatic rings. The number of benzene rings is 1. The average Bonchev–Trinajstić information content (AvgIpc) is 2.85. The molecule has 0 saturated heterocycles. The van der Waals surface area contributed by atoms with Gasteiger partial charge in [-0.25, -0.2) is 0 Å². The molecule has 112 valence electrons. The Bertz CT molecular complexity index is 636. The van der Waals surface area contributed by atoms with Crippen molar-refractivity contribution in [1.29, 1.82) is 0 Å². The summed E-state index contributed by atoms with van der Waals surface area (Å²) in [5.41, 5.74) is 2.25. The number of fused-ring (bicyclic) bond motifs is 1. The molecular weight excluding hydrogens is 400 g/mol. The normalized spacial score (nSPS) is 15.6. The van der Waals surface area contributed by atoms with Crippen molar-refractivity contribution in [3.8, 4) is 11.5 Å². The third-order valence-electron chi connectivity index (χ3n) is 3.51. The van der Waals surface area contributed by atoms with Gasteiger partial charge in [0, 0.05) is 22.9 Å². The molecule has 1 aromatic carbocycles. The van der Waals surface area contributed by atoms with Crippen LogP contribution in [-0.2, 0) is 6.42 Å². The summed E-state index contributed by atoms with van der Waals surface area (Å²) in [6.07, 6.45) is 3.51. The van der Waals surface area contributed by atoms with E-state index in [9.17, 15) is 0 Å². The van der Waals surface area contributed by atoms with Crippen molar-refractivity contribution in [3.05, 3.63) is 45.8 Å². The highest BCUT2D eigenvalue weighted by Gasteiger charge is 2.22. The molecule has 1 aliphatic heterocycles. The fourth-order valence-electron chi connectivity index (χ4n) is 2.43. The molecule has 0 radical (unpaired) electrons. The van der Waals surface area contributed by atoms with E-state index in [1.165, 1.54) is 0 Å². The Morgan fingerprint density at radius 3 is 2.57 bits per heavy atom. The van der Waals surface area contributed by atoms with Crippen molar-refractivity contribution in [2.24, 2.45) is 0 Å². The second-order valence-corrected chi connectivity index (χ2v) is 6.66.